The molecule has 1 unspecified atom stereocenters. The summed E-state index contributed by atoms with van der Waals surface area (Å²) in [4.78, 5) is 31.7. The van der Waals surface area contributed by atoms with E-state index in [1.54, 1.807) is 17.8 Å². The largest absolute Gasteiger partial charge is 0.465 e. The van der Waals surface area contributed by atoms with E-state index in [9.17, 15) is 9.59 Å². The summed E-state index contributed by atoms with van der Waals surface area (Å²) < 4.78 is 0.651. The second kappa shape index (κ2) is 8.13. The van der Waals surface area contributed by atoms with E-state index in [0.29, 0.717) is 27.6 Å². The number of carboxylic acid groups (broad SMARTS) is 1. The number of aromatic nitrogens is 2. The van der Waals surface area contributed by atoms with E-state index >= 15 is 0 Å². The Kier molecular flexibility index (Phi) is 5.87. The highest BCUT2D eigenvalue weighted by molar-refractivity contribution is 9.11. The van der Waals surface area contributed by atoms with Crippen molar-refractivity contribution in [3.05, 3.63) is 39.0 Å². The molecular formula is C17H19BrN4O3S. The SMILES string of the molecule is C[C@@H]1CC(NC(=O)O)C[C@H](c2ccncc2NC(=O)c2csc(Br)n2)C1. The lowest BCUT2D eigenvalue weighted by Gasteiger charge is -2.34. The fourth-order valence-electron chi connectivity index (χ4n) is 3.56. The van der Waals surface area contributed by atoms with Gasteiger partial charge in [0, 0.05) is 17.6 Å². The summed E-state index contributed by atoms with van der Waals surface area (Å²) in [6.45, 7) is 2.12. The summed E-state index contributed by atoms with van der Waals surface area (Å²) in [6.07, 6.45) is 4.79. The molecule has 2 aromatic heterocycles. The number of hydrogen-bond acceptors (Lipinski definition) is 5. The average molecular weight is 439 g/mol. The van der Waals surface area contributed by atoms with Crippen LogP contribution in [0.5, 0.6) is 0 Å². The quantitative estimate of drug-likeness (QED) is 0.666. The van der Waals surface area contributed by atoms with Crippen LogP contribution in [0.2, 0.25) is 0 Å². The Morgan fingerprint density at radius 3 is 2.85 bits per heavy atom. The van der Waals surface area contributed by atoms with Gasteiger partial charge in [-0.1, -0.05) is 6.92 Å². The molecule has 138 valence electrons. The maximum absolute atomic E-state index is 12.4. The van der Waals surface area contributed by atoms with Crippen LogP contribution in [0, 0.1) is 5.92 Å². The second-order valence-electron chi connectivity index (χ2n) is 6.56. The van der Waals surface area contributed by atoms with Gasteiger partial charge in [0.1, 0.15) is 5.69 Å². The summed E-state index contributed by atoms with van der Waals surface area (Å²) in [5, 5.41) is 16.2. The summed E-state index contributed by atoms with van der Waals surface area (Å²) in [6, 6.07) is 1.81. The van der Waals surface area contributed by atoms with E-state index < -0.39 is 6.09 Å². The monoisotopic (exact) mass is 438 g/mol. The Morgan fingerprint density at radius 1 is 1.35 bits per heavy atom. The lowest BCUT2D eigenvalue weighted by atomic mass is 9.76. The smallest absolute Gasteiger partial charge is 0.404 e. The fourth-order valence-corrected chi connectivity index (χ4v) is 4.55. The van der Waals surface area contributed by atoms with Crippen LogP contribution in [0.15, 0.2) is 27.8 Å². The van der Waals surface area contributed by atoms with Gasteiger partial charge in [0.05, 0.1) is 11.9 Å². The molecule has 3 N–H and O–H groups in total. The number of nitrogens with one attached hydrogen (secondary N) is 2. The minimum Gasteiger partial charge on any atom is -0.465 e. The predicted octanol–water partition coefficient (Wildman–Crippen LogP) is 4.09. The molecule has 26 heavy (non-hydrogen) atoms. The summed E-state index contributed by atoms with van der Waals surface area (Å²) >= 11 is 4.60. The van der Waals surface area contributed by atoms with Crippen LogP contribution in [-0.2, 0) is 0 Å². The maximum atomic E-state index is 12.4. The number of pyridine rings is 1. The molecule has 3 atom stereocenters. The zero-order valence-electron chi connectivity index (χ0n) is 14.1. The van der Waals surface area contributed by atoms with Gasteiger partial charge in [0.2, 0.25) is 0 Å². The van der Waals surface area contributed by atoms with Crippen LogP contribution in [0.25, 0.3) is 0 Å². The van der Waals surface area contributed by atoms with Crippen molar-refractivity contribution in [1.29, 1.82) is 0 Å². The lowest BCUT2D eigenvalue weighted by molar-refractivity contribution is 0.102. The van der Waals surface area contributed by atoms with Crippen molar-refractivity contribution in [3.8, 4) is 0 Å². The number of halogens is 1. The predicted molar refractivity (Wildman–Crippen MR) is 103 cm³/mol. The van der Waals surface area contributed by atoms with E-state index in [4.69, 9.17) is 5.11 Å². The van der Waals surface area contributed by atoms with Crippen molar-refractivity contribution in [2.75, 3.05) is 5.32 Å². The highest BCUT2D eigenvalue weighted by Crippen LogP contribution is 2.39. The van der Waals surface area contributed by atoms with E-state index in [2.05, 4.69) is 43.5 Å². The molecule has 9 heteroatoms. The number of amides is 2. The molecule has 0 aliphatic heterocycles. The van der Waals surface area contributed by atoms with Crippen LogP contribution in [0.1, 0.15) is 48.2 Å². The zero-order valence-corrected chi connectivity index (χ0v) is 16.5. The standard InChI is InChI=1S/C17H19BrN4O3S/c1-9-4-10(6-11(5-9)20-17(24)25)12-2-3-19-7-13(12)21-15(23)14-8-26-16(18)22-14/h2-3,7-11,20H,4-6H2,1H3,(H,21,23)(H,24,25)/t9-,10+,11?/m0/s1. The van der Waals surface area contributed by atoms with Crippen molar-refractivity contribution < 1.29 is 14.7 Å². The van der Waals surface area contributed by atoms with Crippen molar-refractivity contribution in [2.45, 2.75) is 38.1 Å². The number of nitrogens with zero attached hydrogens (tertiary/aromatic N) is 2. The van der Waals surface area contributed by atoms with Gasteiger partial charge in [0.15, 0.2) is 3.92 Å². The number of thiazole rings is 1. The number of anilines is 1. The second-order valence-corrected chi connectivity index (χ2v) is 8.69. The molecule has 0 bridgehead atoms. The first kappa shape index (κ1) is 18.8. The highest BCUT2D eigenvalue weighted by atomic mass is 79.9. The molecule has 2 heterocycles. The Labute approximate surface area is 163 Å². The molecular weight excluding hydrogens is 420 g/mol. The number of rotatable bonds is 4. The first-order chi connectivity index (χ1) is 12.4. The van der Waals surface area contributed by atoms with Crippen LogP contribution >= 0.6 is 27.3 Å². The van der Waals surface area contributed by atoms with E-state index in [-0.39, 0.29) is 17.9 Å². The van der Waals surface area contributed by atoms with Crippen LogP contribution in [0.4, 0.5) is 10.5 Å². The minimum absolute atomic E-state index is 0.0903. The van der Waals surface area contributed by atoms with Crippen molar-refractivity contribution in [3.63, 3.8) is 0 Å². The molecule has 1 aliphatic rings. The molecule has 2 aromatic rings. The zero-order chi connectivity index (χ0) is 18.7. The van der Waals surface area contributed by atoms with Crippen molar-refractivity contribution in [1.82, 2.24) is 15.3 Å². The molecule has 1 aliphatic carbocycles. The van der Waals surface area contributed by atoms with E-state index in [0.717, 1.165) is 18.4 Å². The summed E-state index contributed by atoms with van der Waals surface area (Å²) in [7, 11) is 0. The van der Waals surface area contributed by atoms with Gasteiger partial charge in [-0.2, -0.15) is 0 Å². The Morgan fingerprint density at radius 2 is 2.15 bits per heavy atom. The van der Waals surface area contributed by atoms with E-state index in [1.165, 1.54) is 11.3 Å². The van der Waals surface area contributed by atoms with Gasteiger partial charge in [-0.3, -0.25) is 9.78 Å². The first-order valence-electron chi connectivity index (χ1n) is 8.28. The van der Waals surface area contributed by atoms with Gasteiger partial charge in [-0.15, -0.1) is 11.3 Å². The molecule has 0 spiro atoms. The third-order valence-electron chi connectivity index (χ3n) is 4.52. The van der Waals surface area contributed by atoms with Crippen LogP contribution < -0.4 is 10.6 Å². The minimum atomic E-state index is -1.000. The number of hydrogen-bond donors (Lipinski definition) is 3. The third kappa shape index (κ3) is 4.59. The Hall–Kier alpha value is -2.00. The molecule has 0 saturated heterocycles. The van der Waals surface area contributed by atoms with E-state index in [1.807, 2.05) is 6.07 Å². The molecule has 1 saturated carbocycles. The Balaban J connectivity index is 1.79. The van der Waals surface area contributed by atoms with Crippen molar-refractivity contribution in [2.24, 2.45) is 5.92 Å². The highest BCUT2D eigenvalue weighted by Gasteiger charge is 2.30. The van der Waals surface area contributed by atoms with Gasteiger partial charge in [-0.05, 0) is 58.7 Å². The van der Waals surface area contributed by atoms with Gasteiger partial charge in [0.25, 0.3) is 5.91 Å². The van der Waals surface area contributed by atoms with Crippen LogP contribution in [-0.4, -0.2) is 33.1 Å². The molecule has 0 radical (unpaired) electrons. The molecule has 1 fully saturated rings. The number of carbonyl (C=O) groups excluding carboxylic acids is 1. The van der Waals surface area contributed by atoms with Crippen LogP contribution in [0.3, 0.4) is 0 Å². The lowest BCUT2D eigenvalue weighted by Crippen LogP contribution is -2.39. The summed E-state index contributed by atoms with van der Waals surface area (Å²) in [5.74, 6) is 0.248. The third-order valence-corrected chi connectivity index (χ3v) is 5.89. The molecule has 0 aromatic carbocycles. The molecule has 3 rings (SSSR count). The van der Waals surface area contributed by atoms with Gasteiger partial charge < -0.3 is 15.7 Å². The van der Waals surface area contributed by atoms with Gasteiger partial charge >= 0.3 is 6.09 Å². The first-order valence-corrected chi connectivity index (χ1v) is 9.95. The number of carbonyl (C=O) groups is 2. The Bertz CT molecular complexity index is 813. The maximum Gasteiger partial charge on any atom is 0.404 e. The topological polar surface area (TPSA) is 104 Å². The average Bonchev–Trinajstić information content (AvgIpc) is 3.01. The summed E-state index contributed by atoms with van der Waals surface area (Å²) in [5.41, 5.74) is 1.97. The van der Waals surface area contributed by atoms with Gasteiger partial charge in [-0.25, -0.2) is 9.78 Å². The van der Waals surface area contributed by atoms with Crippen molar-refractivity contribution >= 4 is 45.0 Å². The fraction of sp³-hybridized carbons (Fsp3) is 0.412. The normalized spacial score (nSPS) is 22.6. The molecule has 2 amide bonds. The molecule has 7 nitrogen and oxygen atoms in total.